The first-order valence-corrected chi connectivity index (χ1v) is 8.77. The van der Waals surface area contributed by atoms with Gasteiger partial charge in [-0.2, -0.15) is 5.10 Å². The molecule has 1 aliphatic heterocycles. The molecule has 25 heavy (non-hydrogen) atoms. The van der Waals surface area contributed by atoms with E-state index in [9.17, 15) is 5.11 Å². The molecule has 2 heterocycles. The lowest BCUT2D eigenvalue weighted by Gasteiger charge is -2.36. The van der Waals surface area contributed by atoms with Crippen molar-refractivity contribution in [1.29, 1.82) is 0 Å². The van der Waals surface area contributed by atoms with Crippen molar-refractivity contribution in [3.63, 3.8) is 0 Å². The van der Waals surface area contributed by atoms with Crippen molar-refractivity contribution in [2.24, 2.45) is 12.0 Å². The predicted octanol–water partition coefficient (Wildman–Crippen LogP) is 0.378. The Morgan fingerprint density at radius 3 is 2.76 bits per heavy atom. The average molecular weight is 353 g/mol. The van der Waals surface area contributed by atoms with Crippen LogP contribution in [0.15, 0.2) is 17.4 Å². The van der Waals surface area contributed by atoms with E-state index in [1.807, 2.05) is 14.0 Å². The lowest BCUT2D eigenvalue weighted by Crippen LogP contribution is -2.51. The highest BCUT2D eigenvalue weighted by Gasteiger charge is 2.32. The number of nitrogens with one attached hydrogen (secondary N) is 2. The molecule has 0 aromatic carbocycles. The summed E-state index contributed by atoms with van der Waals surface area (Å²) in [5.74, 6) is 0.662. The zero-order valence-electron chi connectivity index (χ0n) is 15.7. The number of aromatic nitrogens is 2. The van der Waals surface area contributed by atoms with Crippen LogP contribution in [0.3, 0.4) is 0 Å². The third-order valence-corrected chi connectivity index (χ3v) is 4.63. The fraction of sp³-hybridized carbons (Fsp3) is 0.765. The Bertz CT molecular complexity index is 564. The number of guanidine groups is 1. The van der Waals surface area contributed by atoms with Gasteiger partial charge in [-0.3, -0.25) is 4.68 Å². The van der Waals surface area contributed by atoms with Gasteiger partial charge in [-0.15, -0.1) is 0 Å². The van der Waals surface area contributed by atoms with Crippen molar-refractivity contribution >= 4 is 5.96 Å². The van der Waals surface area contributed by atoms with Gasteiger partial charge in [0.05, 0.1) is 18.3 Å². The minimum Gasteiger partial charge on any atom is -0.383 e. The number of rotatable bonds is 7. The smallest absolute Gasteiger partial charge is 0.191 e. The zero-order valence-corrected chi connectivity index (χ0v) is 15.7. The second-order valence-corrected chi connectivity index (χ2v) is 6.72. The van der Waals surface area contributed by atoms with E-state index < -0.39 is 5.60 Å². The first-order chi connectivity index (χ1) is 11.9. The van der Waals surface area contributed by atoms with Gasteiger partial charge in [0.25, 0.3) is 0 Å². The highest BCUT2D eigenvalue weighted by molar-refractivity contribution is 5.79. The van der Waals surface area contributed by atoms with E-state index in [4.69, 9.17) is 9.47 Å². The molecule has 2 rings (SSSR count). The van der Waals surface area contributed by atoms with Crippen molar-refractivity contribution in [3.05, 3.63) is 18.0 Å². The van der Waals surface area contributed by atoms with Crippen LogP contribution in [-0.4, -0.2) is 66.4 Å². The molecule has 1 aliphatic rings. The van der Waals surface area contributed by atoms with Crippen molar-refractivity contribution in [2.75, 3.05) is 40.0 Å². The number of aliphatic imine (C=N–C) groups is 1. The normalized spacial score (nSPS) is 20.1. The van der Waals surface area contributed by atoms with Crippen LogP contribution in [0, 0.1) is 0 Å². The van der Waals surface area contributed by atoms with E-state index in [1.165, 1.54) is 0 Å². The lowest BCUT2D eigenvalue weighted by molar-refractivity contribution is -0.0855. The molecule has 0 radical (unpaired) electrons. The molecule has 1 aromatic heterocycles. The van der Waals surface area contributed by atoms with E-state index in [1.54, 1.807) is 31.1 Å². The molecule has 0 spiro atoms. The van der Waals surface area contributed by atoms with Gasteiger partial charge in [0, 0.05) is 65.1 Å². The van der Waals surface area contributed by atoms with E-state index in [0.717, 1.165) is 24.9 Å². The minimum absolute atomic E-state index is 0.233. The average Bonchev–Trinajstić information content (AvgIpc) is 3.06. The molecular formula is C17H31N5O3. The number of ether oxygens (including phenoxy) is 2. The van der Waals surface area contributed by atoms with Crippen molar-refractivity contribution in [2.45, 2.75) is 37.9 Å². The highest BCUT2D eigenvalue weighted by Crippen LogP contribution is 2.23. The Morgan fingerprint density at radius 2 is 2.20 bits per heavy atom. The Balaban J connectivity index is 2.00. The zero-order chi connectivity index (χ0) is 18.3. The second kappa shape index (κ2) is 8.64. The maximum atomic E-state index is 10.7. The Morgan fingerprint density at radius 1 is 1.48 bits per heavy atom. The molecule has 1 unspecified atom stereocenters. The van der Waals surface area contributed by atoms with Gasteiger partial charge >= 0.3 is 0 Å². The van der Waals surface area contributed by atoms with Crippen LogP contribution >= 0.6 is 0 Å². The quantitative estimate of drug-likeness (QED) is 0.485. The van der Waals surface area contributed by atoms with E-state index in [2.05, 4.69) is 20.7 Å². The molecule has 142 valence electrons. The Labute approximate surface area is 149 Å². The Kier molecular flexibility index (Phi) is 6.80. The fourth-order valence-corrected chi connectivity index (χ4v) is 2.81. The van der Waals surface area contributed by atoms with Crippen LogP contribution in [0.25, 0.3) is 0 Å². The third-order valence-electron chi connectivity index (χ3n) is 4.63. The van der Waals surface area contributed by atoms with Crippen molar-refractivity contribution in [1.82, 2.24) is 20.4 Å². The van der Waals surface area contributed by atoms with E-state index >= 15 is 0 Å². The number of aliphatic hydroxyl groups is 1. The number of nitrogens with zero attached hydrogens (tertiary/aromatic N) is 3. The van der Waals surface area contributed by atoms with Gasteiger partial charge in [-0.05, 0) is 13.8 Å². The molecule has 3 N–H and O–H groups in total. The summed E-state index contributed by atoms with van der Waals surface area (Å²) in [6.07, 6.45) is 5.17. The van der Waals surface area contributed by atoms with E-state index in [-0.39, 0.29) is 12.1 Å². The molecule has 1 aromatic rings. The Hall–Kier alpha value is -1.64. The van der Waals surface area contributed by atoms with Crippen LogP contribution in [0.1, 0.15) is 32.3 Å². The molecule has 1 saturated heterocycles. The van der Waals surface area contributed by atoms with Crippen molar-refractivity contribution < 1.29 is 14.6 Å². The summed E-state index contributed by atoms with van der Waals surface area (Å²) in [6, 6.07) is 0. The summed E-state index contributed by atoms with van der Waals surface area (Å²) in [4.78, 5) is 4.54. The molecule has 8 heteroatoms. The molecular weight excluding hydrogens is 322 g/mol. The first kappa shape index (κ1) is 19.7. The molecule has 8 nitrogen and oxygen atoms in total. The lowest BCUT2D eigenvalue weighted by atomic mass is 9.94. The number of methoxy groups -OCH3 is 1. The summed E-state index contributed by atoms with van der Waals surface area (Å²) in [6.45, 7) is 6.79. The molecule has 1 fully saturated rings. The number of hydrogen-bond acceptors (Lipinski definition) is 5. The van der Waals surface area contributed by atoms with Crippen LogP contribution < -0.4 is 10.6 Å². The van der Waals surface area contributed by atoms with Crippen LogP contribution in [0.2, 0.25) is 0 Å². The van der Waals surface area contributed by atoms with Crippen LogP contribution in [0.5, 0.6) is 0 Å². The number of hydrogen-bond donors (Lipinski definition) is 3. The molecule has 0 amide bonds. The van der Waals surface area contributed by atoms with Crippen LogP contribution in [-0.2, 0) is 22.1 Å². The molecule has 0 bridgehead atoms. The molecule has 0 saturated carbocycles. The molecule has 1 atom stereocenters. The summed E-state index contributed by atoms with van der Waals surface area (Å²) < 4.78 is 12.8. The summed E-state index contributed by atoms with van der Waals surface area (Å²) in [5, 5.41) is 21.3. The minimum atomic E-state index is -1.08. The second-order valence-electron chi connectivity index (χ2n) is 6.72. The maximum Gasteiger partial charge on any atom is 0.191 e. The first-order valence-electron chi connectivity index (χ1n) is 8.77. The van der Waals surface area contributed by atoms with Gasteiger partial charge in [0.2, 0.25) is 0 Å². The summed E-state index contributed by atoms with van der Waals surface area (Å²) in [5.41, 5.74) is -0.568. The van der Waals surface area contributed by atoms with Gasteiger partial charge < -0.3 is 25.2 Å². The SMILES string of the molecule is CCNC(=NCC(C)(O)c1cnn(C)c1)NCC1(OC)CCOCC1. The summed E-state index contributed by atoms with van der Waals surface area (Å²) >= 11 is 0. The van der Waals surface area contributed by atoms with E-state index in [0.29, 0.717) is 25.7 Å². The predicted molar refractivity (Wildman–Crippen MR) is 96.6 cm³/mol. The topological polar surface area (TPSA) is 92.9 Å². The summed E-state index contributed by atoms with van der Waals surface area (Å²) in [7, 11) is 3.57. The van der Waals surface area contributed by atoms with Crippen molar-refractivity contribution in [3.8, 4) is 0 Å². The standard InChI is InChI=1S/C17H31N5O3/c1-5-18-15(20-13-17(24-4)6-8-25-9-7-17)19-12-16(2,23)14-10-21-22(3)11-14/h10-11,23H,5-9,12-13H2,1-4H3,(H2,18,19,20). The number of aryl methyl sites for hydroxylation is 1. The third kappa shape index (κ3) is 5.42. The van der Waals surface area contributed by atoms with Gasteiger partial charge in [-0.1, -0.05) is 0 Å². The highest BCUT2D eigenvalue weighted by atomic mass is 16.5. The van der Waals surface area contributed by atoms with Gasteiger partial charge in [0.1, 0.15) is 5.60 Å². The largest absolute Gasteiger partial charge is 0.383 e. The van der Waals surface area contributed by atoms with Gasteiger partial charge in [0.15, 0.2) is 5.96 Å². The maximum absolute atomic E-state index is 10.7. The molecule has 0 aliphatic carbocycles. The monoisotopic (exact) mass is 353 g/mol. The van der Waals surface area contributed by atoms with Crippen LogP contribution in [0.4, 0.5) is 0 Å². The fourth-order valence-electron chi connectivity index (χ4n) is 2.81. The van der Waals surface area contributed by atoms with Gasteiger partial charge in [-0.25, -0.2) is 4.99 Å².